The summed E-state index contributed by atoms with van der Waals surface area (Å²) in [5.74, 6) is -1.63. The van der Waals surface area contributed by atoms with E-state index in [2.05, 4.69) is 0 Å². The summed E-state index contributed by atoms with van der Waals surface area (Å²) in [7, 11) is 0. The Hall–Kier alpha value is -1.59. The smallest absolute Gasteiger partial charge is 0.309 e. The molecule has 1 aliphatic heterocycles. The van der Waals surface area contributed by atoms with Crippen LogP contribution in [-0.2, 0) is 28.6 Å². The molecule has 0 unspecified atom stereocenters. The van der Waals surface area contributed by atoms with Gasteiger partial charge in [-0.2, -0.15) is 0 Å². The van der Waals surface area contributed by atoms with Gasteiger partial charge in [-0.05, 0) is 32.1 Å². The van der Waals surface area contributed by atoms with E-state index >= 15 is 0 Å². The van der Waals surface area contributed by atoms with E-state index in [9.17, 15) is 14.4 Å². The van der Waals surface area contributed by atoms with Gasteiger partial charge in [0.15, 0.2) is 0 Å². The molecule has 2 fully saturated rings. The Morgan fingerprint density at radius 3 is 1.64 bits per heavy atom. The number of esters is 3. The minimum Gasteiger partial charge on any atom is -0.466 e. The first-order chi connectivity index (χ1) is 12.2. The highest BCUT2D eigenvalue weighted by molar-refractivity contribution is 5.82. The van der Waals surface area contributed by atoms with E-state index in [1.54, 1.807) is 0 Å². The fraction of sp³-hybridized carbons (Fsp3) is 0.842. The van der Waals surface area contributed by atoms with Crippen LogP contribution in [0.3, 0.4) is 0 Å². The molecule has 0 bridgehead atoms. The molecule has 0 aromatic heterocycles. The number of hydrogen-bond donors (Lipinski definition) is 0. The molecule has 1 saturated heterocycles. The summed E-state index contributed by atoms with van der Waals surface area (Å²) in [6, 6.07) is 0. The van der Waals surface area contributed by atoms with Crippen molar-refractivity contribution in [2.75, 3.05) is 19.8 Å². The molecule has 0 radical (unpaired) electrons. The third-order valence-corrected chi connectivity index (χ3v) is 4.94. The van der Waals surface area contributed by atoms with Crippen molar-refractivity contribution in [3.8, 4) is 0 Å². The van der Waals surface area contributed by atoms with Gasteiger partial charge in [0.25, 0.3) is 0 Å². The Kier molecular flexibility index (Phi) is 8.77. The van der Waals surface area contributed by atoms with Crippen molar-refractivity contribution >= 4 is 17.9 Å². The summed E-state index contributed by atoms with van der Waals surface area (Å²) < 4.78 is 15.9. The lowest BCUT2D eigenvalue weighted by atomic mass is 9.79. The summed E-state index contributed by atoms with van der Waals surface area (Å²) in [6.07, 6.45) is 8.62. The van der Waals surface area contributed by atoms with Gasteiger partial charge in [0, 0.05) is 6.42 Å². The zero-order chi connectivity index (χ0) is 17.9. The molecule has 1 heterocycles. The number of fused-ring (bicyclic) bond motifs is 1. The molecular weight excluding hydrogens is 324 g/mol. The predicted octanol–water partition coefficient (Wildman–Crippen LogP) is 3.17. The third-order valence-electron chi connectivity index (χ3n) is 4.94. The second-order valence-corrected chi connectivity index (χ2v) is 6.92. The van der Waals surface area contributed by atoms with Gasteiger partial charge in [0.2, 0.25) is 0 Å². The van der Waals surface area contributed by atoms with E-state index in [4.69, 9.17) is 14.2 Å². The maximum Gasteiger partial charge on any atom is 0.309 e. The second kappa shape index (κ2) is 11.1. The highest BCUT2D eigenvalue weighted by Crippen LogP contribution is 2.32. The van der Waals surface area contributed by atoms with Gasteiger partial charge < -0.3 is 14.2 Å². The van der Waals surface area contributed by atoms with E-state index in [0.717, 1.165) is 44.9 Å². The summed E-state index contributed by atoms with van der Waals surface area (Å²) in [6.45, 7) is 1.04. The van der Waals surface area contributed by atoms with Gasteiger partial charge in [-0.3, -0.25) is 14.4 Å². The van der Waals surface area contributed by atoms with E-state index in [1.165, 1.54) is 0 Å². The highest BCUT2D eigenvalue weighted by Gasteiger charge is 2.37. The normalized spacial score (nSPS) is 28.6. The summed E-state index contributed by atoms with van der Waals surface area (Å²) in [5, 5.41) is 0. The molecule has 25 heavy (non-hydrogen) atoms. The van der Waals surface area contributed by atoms with Crippen molar-refractivity contribution in [1.29, 1.82) is 0 Å². The van der Waals surface area contributed by atoms with Crippen molar-refractivity contribution in [2.45, 2.75) is 70.6 Å². The third kappa shape index (κ3) is 7.04. The number of hydrogen-bond acceptors (Lipinski definition) is 6. The molecule has 0 N–H and O–H groups in total. The maximum absolute atomic E-state index is 12.3. The van der Waals surface area contributed by atoms with Crippen molar-refractivity contribution in [1.82, 2.24) is 0 Å². The molecule has 1 saturated carbocycles. The van der Waals surface area contributed by atoms with E-state index in [0.29, 0.717) is 32.5 Å². The van der Waals surface area contributed by atoms with Crippen LogP contribution in [0.1, 0.15) is 70.6 Å². The van der Waals surface area contributed by atoms with Crippen LogP contribution < -0.4 is 0 Å². The molecule has 6 heteroatoms. The lowest BCUT2D eigenvalue weighted by molar-refractivity contribution is -0.163. The van der Waals surface area contributed by atoms with Crippen LogP contribution in [0, 0.1) is 11.8 Å². The van der Waals surface area contributed by atoms with Crippen molar-refractivity contribution in [3.63, 3.8) is 0 Å². The Bertz CT molecular complexity index is 447. The molecular formula is C19H30O6. The van der Waals surface area contributed by atoms with Crippen LogP contribution in [-0.4, -0.2) is 37.7 Å². The molecule has 2 atom stereocenters. The average Bonchev–Trinajstić information content (AvgIpc) is 2.62. The van der Waals surface area contributed by atoms with Gasteiger partial charge in [-0.1, -0.05) is 32.1 Å². The minimum absolute atomic E-state index is 0.187. The highest BCUT2D eigenvalue weighted by atomic mass is 16.5. The van der Waals surface area contributed by atoms with E-state index in [-0.39, 0.29) is 36.9 Å². The van der Waals surface area contributed by atoms with Crippen LogP contribution in [0.15, 0.2) is 0 Å². The van der Waals surface area contributed by atoms with Gasteiger partial charge >= 0.3 is 17.9 Å². The lowest BCUT2D eigenvalue weighted by Gasteiger charge is -2.28. The van der Waals surface area contributed by atoms with Crippen LogP contribution in [0.5, 0.6) is 0 Å². The van der Waals surface area contributed by atoms with E-state index < -0.39 is 5.92 Å². The topological polar surface area (TPSA) is 78.9 Å². The SMILES string of the molecule is O=C1CCCOC(=O)[C@@H]2CCCC[C@@H]2C(=O)OCCCCCCCO1. The fourth-order valence-corrected chi connectivity index (χ4v) is 3.46. The molecule has 1 aliphatic carbocycles. The first kappa shape index (κ1) is 19.7. The Balaban J connectivity index is 1.90. The van der Waals surface area contributed by atoms with Gasteiger partial charge in [-0.15, -0.1) is 0 Å². The molecule has 0 amide bonds. The number of ether oxygens (including phenoxy) is 3. The first-order valence-corrected chi connectivity index (χ1v) is 9.67. The Labute approximate surface area is 149 Å². The minimum atomic E-state index is -0.410. The zero-order valence-corrected chi connectivity index (χ0v) is 15.0. The quantitative estimate of drug-likeness (QED) is 0.491. The maximum atomic E-state index is 12.3. The number of rotatable bonds is 0. The molecule has 2 aliphatic rings. The molecule has 0 spiro atoms. The molecule has 0 aromatic rings. The largest absolute Gasteiger partial charge is 0.466 e. The standard InChI is InChI=1S/C19H30O6/c20-17-11-8-14-25-19(22)16-10-5-4-9-15(16)18(21)24-13-7-3-1-2-6-12-23-17/h15-16H,1-14H2/t15-,16+/m0/s1. The first-order valence-electron chi connectivity index (χ1n) is 9.67. The molecule has 2 rings (SSSR count). The predicted molar refractivity (Wildman–Crippen MR) is 90.6 cm³/mol. The summed E-state index contributed by atoms with van der Waals surface area (Å²) in [4.78, 5) is 36.3. The van der Waals surface area contributed by atoms with E-state index in [1.807, 2.05) is 0 Å². The molecule has 0 aromatic carbocycles. The Morgan fingerprint density at radius 2 is 1.04 bits per heavy atom. The average molecular weight is 354 g/mol. The number of carbonyl (C=O) groups is 3. The monoisotopic (exact) mass is 354 g/mol. The van der Waals surface area contributed by atoms with Crippen LogP contribution in [0.4, 0.5) is 0 Å². The molecule has 6 nitrogen and oxygen atoms in total. The molecule has 142 valence electrons. The summed E-state index contributed by atoms with van der Waals surface area (Å²) in [5.41, 5.74) is 0. The summed E-state index contributed by atoms with van der Waals surface area (Å²) >= 11 is 0. The van der Waals surface area contributed by atoms with Crippen molar-refractivity contribution in [3.05, 3.63) is 0 Å². The Morgan fingerprint density at radius 1 is 0.560 bits per heavy atom. The zero-order valence-electron chi connectivity index (χ0n) is 15.0. The van der Waals surface area contributed by atoms with Crippen LogP contribution in [0.25, 0.3) is 0 Å². The fourth-order valence-electron chi connectivity index (χ4n) is 3.46. The van der Waals surface area contributed by atoms with Crippen LogP contribution in [0.2, 0.25) is 0 Å². The van der Waals surface area contributed by atoms with Gasteiger partial charge in [-0.25, -0.2) is 0 Å². The van der Waals surface area contributed by atoms with Crippen LogP contribution >= 0.6 is 0 Å². The van der Waals surface area contributed by atoms with Gasteiger partial charge in [0.1, 0.15) is 0 Å². The lowest BCUT2D eigenvalue weighted by Crippen LogP contribution is -2.35. The number of cyclic esters (lactones) is 3. The second-order valence-electron chi connectivity index (χ2n) is 6.92. The van der Waals surface area contributed by atoms with Gasteiger partial charge in [0.05, 0.1) is 31.7 Å². The number of carbonyl (C=O) groups excluding carboxylic acids is 3. The van der Waals surface area contributed by atoms with Crippen molar-refractivity contribution < 1.29 is 28.6 Å². The van der Waals surface area contributed by atoms with Crippen molar-refractivity contribution in [2.24, 2.45) is 11.8 Å².